The van der Waals surface area contributed by atoms with E-state index in [0.717, 1.165) is 45.6 Å². The molecule has 4 nitrogen and oxygen atoms in total. The molecule has 2 aromatic heterocycles. The average Bonchev–Trinajstić information content (AvgIpc) is 3.31. The van der Waals surface area contributed by atoms with E-state index in [1.807, 2.05) is 16.0 Å². The van der Waals surface area contributed by atoms with Gasteiger partial charge < -0.3 is 0 Å². The van der Waals surface area contributed by atoms with Crippen LogP contribution in [-0.4, -0.2) is 32.0 Å². The highest BCUT2D eigenvalue weighted by Crippen LogP contribution is 2.36. The van der Waals surface area contributed by atoms with Crippen molar-refractivity contribution in [3.63, 3.8) is 0 Å². The molecular weight excluding hydrogens is 388 g/mol. The molecule has 1 aliphatic rings. The fourth-order valence-electron chi connectivity index (χ4n) is 3.10. The van der Waals surface area contributed by atoms with Crippen LogP contribution in [0.2, 0.25) is 0 Å². The van der Waals surface area contributed by atoms with E-state index in [2.05, 4.69) is 36.1 Å². The summed E-state index contributed by atoms with van der Waals surface area (Å²) in [6, 6.07) is 8.78. The Hall–Kier alpha value is -0.800. The van der Waals surface area contributed by atoms with Crippen LogP contribution >= 0.6 is 46.7 Å². The van der Waals surface area contributed by atoms with Gasteiger partial charge >= 0.3 is 0 Å². The molecule has 0 radical (unpaired) electrons. The Morgan fingerprint density at radius 3 is 3.04 bits per heavy atom. The summed E-state index contributed by atoms with van der Waals surface area (Å²) >= 11 is 10.8. The number of hydrogen-bond donors (Lipinski definition) is 0. The molecule has 0 saturated carbocycles. The maximum Gasteiger partial charge on any atom is 0.181 e. The van der Waals surface area contributed by atoms with Crippen LogP contribution in [-0.2, 0) is 6.67 Å². The van der Waals surface area contributed by atoms with Crippen molar-refractivity contribution in [3.05, 3.63) is 33.2 Å². The number of fused-ring (bicyclic) bond motifs is 1. The van der Waals surface area contributed by atoms with Crippen molar-refractivity contribution < 1.29 is 0 Å². The molecule has 0 N–H and O–H groups in total. The minimum absolute atomic E-state index is 0.382. The highest BCUT2D eigenvalue weighted by Gasteiger charge is 2.29. The van der Waals surface area contributed by atoms with E-state index in [9.17, 15) is 0 Å². The van der Waals surface area contributed by atoms with Gasteiger partial charge in [-0.2, -0.15) is 5.10 Å². The summed E-state index contributed by atoms with van der Waals surface area (Å²) < 4.78 is 5.22. The van der Waals surface area contributed by atoms with Gasteiger partial charge in [0, 0.05) is 12.3 Å². The second kappa shape index (κ2) is 7.84. The molecular formula is C17H20N4S4. The molecule has 0 spiro atoms. The Morgan fingerprint density at radius 1 is 1.32 bits per heavy atom. The summed E-state index contributed by atoms with van der Waals surface area (Å²) in [5.74, 6) is 1.10. The second-order valence-corrected chi connectivity index (χ2v) is 10.1. The molecule has 3 aromatic rings. The zero-order valence-electron chi connectivity index (χ0n) is 14.1. The van der Waals surface area contributed by atoms with Gasteiger partial charge in [0.15, 0.2) is 8.29 Å². The maximum atomic E-state index is 5.53. The van der Waals surface area contributed by atoms with Crippen LogP contribution in [0.25, 0.3) is 10.2 Å². The quantitative estimate of drug-likeness (QED) is 0.393. The monoisotopic (exact) mass is 408 g/mol. The minimum atomic E-state index is 0.382. The van der Waals surface area contributed by atoms with Crippen molar-refractivity contribution in [2.75, 3.05) is 12.3 Å². The predicted octanol–water partition coefficient (Wildman–Crippen LogP) is 5.58. The third-order valence-electron chi connectivity index (χ3n) is 4.29. The molecule has 4 rings (SSSR count). The van der Waals surface area contributed by atoms with Crippen molar-refractivity contribution in [1.29, 1.82) is 0 Å². The maximum absolute atomic E-state index is 5.53. The standard InChI is InChI=1S/C17H20N4S4/c1-2-10-23-16-19-21(17(22)25-16)11-20-9-5-7-13(20)15-18-12-6-3-4-8-14(12)24-15/h3-4,6,8,13H,2,5,7,9-11H2,1H3/t13-/m1/s1. The minimum Gasteiger partial charge on any atom is -0.275 e. The number of hydrogen-bond acceptors (Lipinski definition) is 7. The first kappa shape index (κ1) is 17.6. The average molecular weight is 409 g/mol. The lowest BCUT2D eigenvalue weighted by molar-refractivity contribution is 0.189. The first-order valence-electron chi connectivity index (χ1n) is 8.55. The van der Waals surface area contributed by atoms with Gasteiger partial charge in [-0.3, -0.25) is 4.90 Å². The Kier molecular flexibility index (Phi) is 5.52. The van der Waals surface area contributed by atoms with E-state index in [1.54, 1.807) is 23.1 Å². The topological polar surface area (TPSA) is 34.0 Å². The zero-order valence-corrected chi connectivity index (χ0v) is 17.3. The first-order valence-corrected chi connectivity index (χ1v) is 11.6. The van der Waals surface area contributed by atoms with Crippen molar-refractivity contribution in [3.8, 4) is 0 Å². The molecule has 0 unspecified atom stereocenters. The van der Waals surface area contributed by atoms with E-state index in [0.29, 0.717) is 6.04 Å². The van der Waals surface area contributed by atoms with E-state index in [-0.39, 0.29) is 0 Å². The molecule has 3 heterocycles. The molecule has 25 heavy (non-hydrogen) atoms. The Labute approximate surface area is 164 Å². The van der Waals surface area contributed by atoms with E-state index in [4.69, 9.17) is 22.3 Å². The number of nitrogens with zero attached hydrogens (tertiary/aromatic N) is 4. The van der Waals surface area contributed by atoms with Gasteiger partial charge in [-0.05, 0) is 43.6 Å². The Morgan fingerprint density at radius 2 is 2.20 bits per heavy atom. The fraction of sp³-hybridized carbons (Fsp3) is 0.471. The van der Waals surface area contributed by atoms with Gasteiger partial charge in [0.25, 0.3) is 0 Å². The van der Waals surface area contributed by atoms with Crippen LogP contribution in [0.15, 0.2) is 28.6 Å². The van der Waals surface area contributed by atoms with Crippen LogP contribution < -0.4 is 0 Å². The molecule has 1 fully saturated rings. The molecule has 1 aromatic carbocycles. The molecule has 1 saturated heterocycles. The van der Waals surface area contributed by atoms with Crippen LogP contribution in [0.4, 0.5) is 0 Å². The van der Waals surface area contributed by atoms with Gasteiger partial charge in [0.2, 0.25) is 0 Å². The summed E-state index contributed by atoms with van der Waals surface area (Å²) in [5, 5.41) is 5.94. The number of rotatable bonds is 6. The van der Waals surface area contributed by atoms with E-state index >= 15 is 0 Å². The Balaban J connectivity index is 1.53. The number of thiazole rings is 1. The van der Waals surface area contributed by atoms with Crippen molar-refractivity contribution >= 4 is 56.9 Å². The van der Waals surface area contributed by atoms with Gasteiger partial charge in [-0.1, -0.05) is 42.2 Å². The fourth-order valence-corrected chi connectivity index (χ4v) is 6.48. The summed E-state index contributed by atoms with van der Waals surface area (Å²) in [4.78, 5) is 7.35. The summed E-state index contributed by atoms with van der Waals surface area (Å²) in [6.45, 7) is 4.04. The SMILES string of the molecule is CCCSc1nn(CN2CCC[C@@H]2c2nc3ccccc3s2)c(=S)s1. The van der Waals surface area contributed by atoms with Gasteiger partial charge in [-0.15, -0.1) is 11.3 Å². The number of aromatic nitrogens is 3. The zero-order chi connectivity index (χ0) is 17.2. The molecule has 0 aliphatic carbocycles. The van der Waals surface area contributed by atoms with Gasteiger partial charge in [0.05, 0.1) is 22.9 Å². The largest absolute Gasteiger partial charge is 0.275 e. The van der Waals surface area contributed by atoms with E-state index < -0.39 is 0 Å². The third kappa shape index (κ3) is 3.83. The number of likely N-dealkylation sites (tertiary alicyclic amines) is 1. The molecule has 1 aliphatic heterocycles. The van der Waals surface area contributed by atoms with Crippen LogP contribution in [0.3, 0.4) is 0 Å². The van der Waals surface area contributed by atoms with Crippen LogP contribution in [0, 0.1) is 3.95 Å². The Bertz CT molecular complexity index is 880. The summed E-state index contributed by atoms with van der Waals surface area (Å²) in [7, 11) is 0. The summed E-state index contributed by atoms with van der Waals surface area (Å²) in [5.41, 5.74) is 1.11. The first-order chi connectivity index (χ1) is 12.2. The third-order valence-corrected chi connectivity index (χ3v) is 8.08. The second-order valence-electron chi connectivity index (χ2n) is 6.11. The number of para-hydroxylation sites is 1. The lowest BCUT2D eigenvalue weighted by Gasteiger charge is -2.22. The lowest BCUT2D eigenvalue weighted by atomic mass is 10.2. The normalized spacial score (nSPS) is 18.4. The highest BCUT2D eigenvalue weighted by molar-refractivity contribution is 8.01. The van der Waals surface area contributed by atoms with Crippen molar-refractivity contribution in [1.82, 2.24) is 19.7 Å². The molecule has 0 bridgehead atoms. The van der Waals surface area contributed by atoms with Gasteiger partial charge in [0.1, 0.15) is 5.01 Å². The molecule has 0 amide bonds. The molecule has 132 valence electrons. The van der Waals surface area contributed by atoms with Crippen LogP contribution in [0.5, 0.6) is 0 Å². The molecule has 8 heteroatoms. The highest BCUT2D eigenvalue weighted by atomic mass is 32.2. The van der Waals surface area contributed by atoms with E-state index in [1.165, 1.54) is 16.1 Å². The lowest BCUT2D eigenvalue weighted by Crippen LogP contribution is -2.26. The van der Waals surface area contributed by atoms with Crippen molar-refractivity contribution in [2.24, 2.45) is 0 Å². The van der Waals surface area contributed by atoms with Crippen molar-refractivity contribution in [2.45, 2.75) is 43.2 Å². The smallest absolute Gasteiger partial charge is 0.181 e. The van der Waals surface area contributed by atoms with Crippen LogP contribution in [0.1, 0.15) is 37.2 Å². The molecule has 1 atom stereocenters. The number of thioether (sulfide) groups is 1. The summed E-state index contributed by atoms with van der Waals surface area (Å²) in [6.07, 6.45) is 3.52. The van der Waals surface area contributed by atoms with Gasteiger partial charge in [-0.25, -0.2) is 9.67 Å². The predicted molar refractivity (Wildman–Crippen MR) is 110 cm³/mol. The number of benzene rings is 1.